The second-order valence-corrected chi connectivity index (χ2v) is 6.10. The van der Waals surface area contributed by atoms with Crippen LogP contribution < -0.4 is 5.73 Å². The zero-order chi connectivity index (χ0) is 12.3. The van der Waals surface area contributed by atoms with Crippen molar-refractivity contribution in [2.24, 2.45) is 5.73 Å². The molecule has 0 bridgehead atoms. The molecule has 2 saturated heterocycles. The van der Waals surface area contributed by atoms with Crippen LogP contribution in [-0.2, 0) is 0 Å². The minimum absolute atomic E-state index is 0.332. The Morgan fingerprint density at radius 3 is 2.47 bits per heavy atom. The van der Waals surface area contributed by atoms with E-state index in [1.807, 2.05) is 0 Å². The Bertz CT molecular complexity index is 224. The molecule has 2 heterocycles. The van der Waals surface area contributed by atoms with E-state index in [1.165, 1.54) is 51.9 Å². The normalized spacial score (nSPS) is 31.6. The molecule has 17 heavy (non-hydrogen) atoms. The molecule has 0 aromatic heterocycles. The molecule has 0 saturated carbocycles. The van der Waals surface area contributed by atoms with Crippen molar-refractivity contribution in [1.29, 1.82) is 0 Å². The Balaban J connectivity index is 1.78. The molecule has 0 aromatic carbocycles. The number of likely N-dealkylation sites (tertiary alicyclic amines) is 2. The molecule has 3 nitrogen and oxygen atoms in total. The smallest absolute Gasteiger partial charge is 0.0235 e. The predicted molar refractivity (Wildman–Crippen MR) is 73.1 cm³/mol. The van der Waals surface area contributed by atoms with Gasteiger partial charge < -0.3 is 5.73 Å². The summed E-state index contributed by atoms with van der Waals surface area (Å²) in [4.78, 5) is 5.37. The highest BCUT2D eigenvalue weighted by atomic mass is 15.3. The maximum absolute atomic E-state index is 5.90. The van der Waals surface area contributed by atoms with E-state index < -0.39 is 0 Å². The number of rotatable bonds is 4. The molecule has 0 aliphatic carbocycles. The van der Waals surface area contributed by atoms with Crippen LogP contribution in [-0.4, -0.2) is 54.1 Å². The van der Waals surface area contributed by atoms with E-state index in [2.05, 4.69) is 23.6 Å². The SMILES string of the molecule is CC(N)CC(C)N1CCC(N2CCCCC2)C1. The summed E-state index contributed by atoms with van der Waals surface area (Å²) in [6.45, 7) is 9.67. The lowest BCUT2D eigenvalue weighted by Crippen LogP contribution is -2.42. The van der Waals surface area contributed by atoms with Crippen molar-refractivity contribution >= 4 is 0 Å². The minimum atomic E-state index is 0.332. The van der Waals surface area contributed by atoms with Crippen LogP contribution in [0.1, 0.15) is 46.0 Å². The molecule has 2 N–H and O–H groups in total. The van der Waals surface area contributed by atoms with Crippen LogP contribution in [0.25, 0.3) is 0 Å². The summed E-state index contributed by atoms with van der Waals surface area (Å²) < 4.78 is 0. The minimum Gasteiger partial charge on any atom is -0.328 e. The Morgan fingerprint density at radius 1 is 1.12 bits per heavy atom. The number of hydrogen-bond donors (Lipinski definition) is 1. The van der Waals surface area contributed by atoms with Gasteiger partial charge in [0, 0.05) is 31.2 Å². The molecule has 0 amide bonds. The molecule has 2 fully saturated rings. The zero-order valence-electron chi connectivity index (χ0n) is 11.6. The van der Waals surface area contributed by atoms with Gasteiger partial charge in [0.2, 0.25) is 0 Å². The van der Waals surface area contributed by atoms with E-state index in [9.17, 15) is 0 Å². The van der Waals surface area contributed by atoms with Gasteiger partial charge in [-0.1, -0.05) is 6.42 Å². The molecule has 3 atom stereocenters. The maximum atomic E-state index is 5.90. The number of nitrogens with zero attached hydrogens (tertiary/aromatic N) is 2. The van der Waals surface area contributed by atoms with Gasteiger partial charge in [-0.2, -0.15) is 0 Å². The fraction of sp³-hybridized carbons (Fsp3) is 1.00. The van der Waals surface area contributed by atoms with Gasteiger partial charge in [-0.05, 0) is 52.6 Å². The van der Waals surface area contributed by atoms with Crippen LogP contribution in [0.3, 0.4) is 0 Å². The number of piperidine rings is 1. The van der Waals surface area contributed by atoms with Crippen molar-refractivity contribution in [2.75, 3.05) is 26.2 Å². The first kappa shape index (κ1) is 13.3. The predicted octanol–water partition coefficient (Wildman–Crippen LogP) is 1.67. The van der Waals surface area contributed by atoms with Crippen molar-refractivity contribution < 1.29 is 0 Å². The molecular formula is C14H29N3. The van der Waals surface area contributed by atoms with Crippen molar-refractivity contribution in [3.63, 3.8) is 0 Å². The molecular weight excluding hydrogens is 210 g/mol. The molecule has 2 rings (SSSR count). The van der Waals surface area contributed by atoms with Crippen LogP contribution in [0.5, 0.6) is 0 Å². The average molecular weight is 239 g/mol. The average Bonchev–Trinajstić information content (AvgIpc) is 2.78. The summed E-state index contributed by atoms with van der Waals surface area (Å²) in [6.07, 6.45) is 6.75. The van der Waals surface area contributed by atoms with Gasteiger partial charge in [0.05, 0.1) is 0 Å². The monoisotopic (exact) mass is 239 g/mol. The highest BCUT2D eigenvalue weighted by Gasteiger charge is 2.30. The van der Waals surface area contributed by atoms with Crippen molar-refractivity contribution in [1.82, 2.24) is 9.80 Å². The van der Waals surface area contributed by atoms with E-state index >= 15 is 0 Å². The summed E-state index contributed by atoms with van der Waals surface area (Å²) in [5.74, 6) is 0. The van der Waals surface area contributed by atoms with Crippen LogP contribution in [0.15, 0.2) is 0 Å². The fourth-order valence-electron chi connectivity index (χ4n) is 3.44. The maximum Gasteiger partial charge on any atom is 0.0235 e. The molecule has 100 valence electrons. The Morgan fingerprint density at radius 2 is 1.82 bits per heavy atom. The van der Waals surface area contributed by atoms with Gasteiger partial charge in [0.25, 0.3) is 0 Å². The molecule has 3 heteroatoms. The lowest BCUT2D eigenvalue weighted by molar-refractivity contribution is 0.151. The largest absolute Gasteiger partial charge is 0.328 e. The first-order valence-corrected chi connectivity index (χ1v) is 7.40. The standard InChI is InChI=1S/C14H29N3/c1-12(15)10-13(2)17-9-6-14(11-17)16-7-4-3-5-8-16/h12-14H,3-11,15H2,1-2H3. The van der Waals surface area contributed by atoms with Gasteiger partial charge >= 0.3 is 0 Å². The summed E-state index contributed by atoms with van der Waals surface area (Å²) >= 11 is 0. The van der Waals surface area contributed by atoms with E-state index in [4.69, 9.17) is 5.73 Å². The third kappa shape index (κ3) is 3.67. The van der Waals surface area contributed by atoms with Crippen LogP contribution >= 0.6 is 0 Å². The second-order valence-electron chi connectivity index (χ2n) is 6.10. The van der Waals surface area contributed by atoms with Gasteiger partial charge in [-0.15, -0.1) is 0 Å². The van der Waals surface area contributed by atoms with Gasteiger partial charge in [-0.25, -0.2) is 0 Å². The van der Waals surface area contributed by atoms with Crippen molar-refractivity contribution in [3.05, 3.63) is 0 Å². The van der Waals surface area contributed by atoms with Crippen molar-refractivity contribution in [2.45, 2.75) is 64.1 Å². The third-order valence-electron chi connectivity index (χ3n) is 4.44. The lowest BCUT2D eigenvalue weighted by atomic mass is 10.1. The first-order valence-electron chi connectivity index (χ1n) is 7.40. The van der Waals surface area contributed by atoms with E-state index in [-0.39, 0.29) is 0 Å². The van der Waals surface area contributed by atoms with E-state index in [0.29, 0.717) is 12.1 Å². The molecule has 3 unspecified atom stereocenters. The molecule has 0 aromatic rings. The van der Waals surface area contributed by atoms with Crippen LogP contribution in [0, 0.1) is 0 Å². The number of hydrogen-bond acceptors (Lipinski definition) is 3. The Labute approximate surface area is 106 Å². The molecule has 0 spiro atoms. The molecule has 2 aliphatic heterocycles. The quantitative estimate of drug-likeness (QED) is 0.810. The zero-order valence-corrected chi connectivity index (χ0v) is 11.6. The number of nitrogens with two attached hydrogens (primary N) is 1. The van der Waals surface area contributed by atoms with Crippen molar-refractivity contribution in [3.8, 4) is 0 Å². The van der Waals surface area contributed by atoms with Gasteiger partial charge in [0.1, 0.15) is 0 Å². The highest BCUT2D eigenvalue weighted by Crippen LogP contribution is 2.22. The molecule has 2 aliphatic rings. The van der Waals surface area contributed by atoms with E-state index in [0.717, 1.165) is 12.5 Å². The first-order chi connectivity index (χ1) is 8.16. The topological polar surface area (TPSA) is 32.5 Å². The Kier molecular flexibility index (Phi) is 4.83. The highest BCUT2D eigenvalue weighted by molar-refractivity contribution is 4.87. The van der Waals surface area contributed by atoms with E-state index in [1.54, 1.807) is 0 Å². The third-order valence-corrected chi connectivity index (χ3v) is 4.44. The Hall–Kier alpha value is -0.120. The van der Waals surface area contributed by atoms with Gasteiger partial charge in [-0.3, -0.25) is 9.80 Å². The lowest BCUT2D eigenvalue weighted by Gasteiger charge is -2.33. The summed E-state index contributed by atoms with van der Waals surface area (Å²) in [5, 5.41) is 0. The summed E-state index contributed by atoms with van der Waals surface area (Å²) in [7, 11) is 0. The van der Waals surface area contributed by atoms with Crippen LogP contribution in [0.2, 0.25) is 0 Å². The fourth-order valence-corrected chi connectivity index (χ4v) is 3.44. The summed E-state index contributed by atoms with van der Waals surface area (Å²) in [6, 6.07) is 1.81. The summed E-state index contributed by atoms with van der Waals surface area (Å²) in [5.41, 5.74) is 5.90. The van der Waals surface area contributed by atoms with Gasteiger partial charge in [0.15, 0.2) is 0 Å². The molecule has 0 radical (unpaired) electrons. The van der Waals surface area contributed by atoms with Crippen LogP contribution in [0.4, 0.5) is 0 Å². The second kappa shape index (κ2) is 6.17.